The van der Waals surface area contributed by atoms with E-state index in [1.165, 1.54) is 11.1 Å². The second-order valence-electron chi connectivity index (χ2n) is 6.98. The first-order valence-corrected chi connectivity index (χ1v) is 11.0. The fourth-order valence-electron chi connectivity index (χ4n) is 3.46. The Kier molecular flexibility index (Phi) is 5.35. The molecule has 0 aliphatic carbocycles. The number of nitrogens with zero attached hydrogens (tertiary/aromatic N) is 4. The van der Waals surface area contributed by atoms with Crippen LogP contribution in [-0.4, -0.2) is 25.9 Å². The van der Waals surface area contributed by atoms with E-state index >= 15 is 0 Å². The monoisotopic (exact) mass is 459 g/mol. The lowest BCUT2D eigenvalue weighted by atomic mass is 10.00. The topological polar surface area (TPSA) is 69.0 Å². The molecule has 3 heterocycles. The first-order valence-electron chi connectivity index (χ1n) is 9.09. The van der Waals surface area contributed by atoms with Gasteiger partial charge in [-0.3, -0.25) is 4.68 Å². The summed E-state index contributed by atoms with van der Waals surface area (Å²) in [6.07, 6.45) is 2.69. The smallest absolute Gasteiger partial charge is 0.198 e. The van der Waals surface area contributed by atoms with Gasteiger partial charge >= 0.3 is 0 Å². The summed E-state index contributed by atoms with van der Waals surface area (Å²) in [4.78, 5) is 7.47. The summed E-state index contributed by atoms with van der Waals surface area (Å²) in [5, 5.41) is 4.35. The maximum atomic E-state index is 12.7. The summed E-state index contributed by atoms with van der Waals surface area (Å²) in [7, 11) is 1.88. The van der Waals surface area contributed by atoms with Crippen LogP contribution in [0.1, 0.15) is 22.5 Å². The number of aryl methyl sites for hydroxylation is 2. The van der Waals surface area contributed by atoms with Crippen LogP contribution in [0.4, 0.5) is 11.5 Å². The lowest BCUT2D eigenvalue weighted by Crippen LogP contribution is -2.31. The van der Waals surface area contributed by atoms with Gasteiger partial charge in [0.05, 0.1) is 17.6 Å². The van der Waals surface area contributed by atoms with E-state index in [0.717, 1.165) is 46.9 Å². The molecule has 0 bridgehead atoms. The van der Waals surface area contributed by atoms with Crippen LogP contribution in [0.3, 0.4) is 0 Å². The number of aromatic nitrogens is 3. The number of anilines is 2. The Morgan fingerprint density at radius 2 is 2.00 bits per heavy atom. The molecule has 4 rings (SSSR count). The zero-order chi connectivity index (χ0) is 19.8. The van der Waals surface area contributed by atoms with Gasteiger partial charge in [0.25, 0.3) is 0 Å². The number of pyridine rings is 1. The second-order valence-corrected chi connectivity index (χ2v) is 9.11. The molecule has 0 radical (unpaired) electrons. The zero-order valence-electron chi connectivity index (χ0n) is 16.1. The van der Waals surface area contributed by atoms with Gasteiger partial charge in [-0.05, 0) is 49.6 Å². The highest BCUT2D eigenvalue weighted by Gasteiger charge is 2.21. The van der Waals surface area contributed by atoms with Crippen molar-refractivity contribution in [2.75, 3.05) is 16.2 Å². The highest BCUT2D eigenvalue weighted by molar-refractivity contribution is 9.10. The van der Waals surface area contributed by atoms with E-state index in [0.29, 0.717) is 4.90 Å². The van der Waals surface area contributed by atoms with Crippen molar-refractivity contribution in [1.82, 2.24) is 14.8 Å². The number of halogens is 1. The minimum atomic E-state index is -1.38. The molecule has 1 aliphatic rings. The molecule has 0 amide bonds. The van der Waals surface area contributed by atoms with E-state index < -0.39 is 11.4 Å². The van der Waals surface area contributed by atoms with Crippen molar-refractivity contribution in [2.45, 2.75) is 31.7 Å². The Labute approximate surface area is 176 Å². The van der Waals surface area contributed by atoms with Crippen LogP contribution in [0.25, 0.3) is 0 Å². The fraction of sp³-hybridized carbons (Fsp3) is 0.300. The van der Waals surface area contributed by atoms with Crippen molar-refractivity contribution < 1.29 is 4.55 Å². The standard InChI is InChI=1S/C20H22BrN5OS/c1-13-20(14(2)25(3)23-13)24-28(27)18-6-7-19(22-11-18)26-9-8-15-4-5-17(21)10-16(15)12-26/h4-7,10-11,24H,8-9,12H2,1-3H3. The predicted octanol–water partition coefficient (Wildman–Crippen LogP) is 3.89. The van der Waals surface area contributed by atoms with Gasteiger partial charge in [0.2, 0.25) is 0 Å². The Hall–Kier alpha value is -2.03. The van der Waals surface area contributed by atoms with Crippen molar-refractivity contribution in [1.29, 1.82) is 0 Å². The Morgan fingerprint density at radius 1 is 1.18 bits per heavy atom. The number of hydrogen-bond acceptors (Lipinski definition) is 5. The molecule has 1 N–H and O–H groups in total. The number of rotatable bonds is 4. The van der Waals surface area contributed by atoms with Gasteiger partial charge in [-0.15, -0.1) is 0 Å². The fourth-order valence-corrected chi connectivity index (χ4v) is 4.81. The summed E-state index contributed by atoms with van der Waals surface area (Å²) < 4.78 is 18.7. The lowest BCUT2D eigenvalue weighted by molar-refractivity contribution is 0.599. The molecule has 2 aromatic heterocycles. The average molecular weight is 460 g/mol. The van der Waals surface area contributed by atoms with Crippen molar-refractivity contribution in [2.24, 2.45) is 7.05 Å². The van der Waals surface area contributed by atoms with Crippen molar-refractivity contribution in [3.05, 3.63) is 63.5 Å². The van der Waals surface area contributed by atoms with Crippen molar-refractivity contribution in [3.8, 4) is 0 Å². The van der Waals surface area contributed by atoms with E-state index in [1.807, 2.05) is 33.0 Å². The maximum absolute atomic E-state index is 12.7. The van der Waals surface area contributed by atoms with E-state index in [9.17, 15) is 4.55 Å². The molecule has 146 valence electrons. The van der Waals surface area contributed by atoms with Crippen molar-refractivity contribution in [3.63, 3.8) is 0 Å². The molecule has 0 saturated heterocycles. The maximum Gasteiger partial charge on any atom is 0.198 e. The minimum absolute atomic E-state index is 0.645. The molecule has 0 spiro atoms. The highest BCUT2D eigenvalue weighted by atomic mass is 79.9. The SMILES string of the molecule is Cc1nn(C)c(C)c1N[S+]([O-])c1ccc(N2CCc3ccc(Br)cc3C2)nc1. The molecule has 1 aromatic carbocycles. The Balaban J connectivity index is 1.48. The summed E-state index contributed by atoms with van der Waals surface area (Å²) in [6, 6.07) is 10.3. The first-order chi connectivity index (χ1) is 13.4. The van der Waals surface area contributed by atoms with Crippen LogP contribution in [0.5, 0.6) is 0 Å². The molecule has 1 aliphatic heterocycles. The minimum Gasteiger partial charge on any atom is -0.588 e. The zero-order valence-corrected chi connectivity index (χ0v) is 18.5. The van der Waals surface area contributed by atoms with E-state index in [1.54, 1.807) is 10.9 Å². The summed E-state index contributed by atoms with van der Waals surface area (Å²) in [6.45, 7) is 5.61. The van der Waals surface area contributed by atoms with Gasteiger partial charge in [-0.2, -0.15) is 9.82 Å². The molecule has 28 heavy (non-hydrogen) atoms. The summed E-state index contributed by atoms with van der Waals surface area (Å²) in [5.74, 6) is 0.903. The van der Waals surface area contributed by atoms with Crippen LogP contribution in [0, 0.1) is 13.8 Å². The average Bonchev–Trinajstić information content (AvgIpc) is 2.93. The third-order valence-electron chi connectivity index (χ3n) is 5.14. The van der Waals surface area contributed by atoms with Gasteiger partial charge in [0.15, 0.2) is 4.90 Å². The van der Waals surface area contributed by atoms with Crippen LogP contribution < -0.4 is 9.62 Å². The molecule has 8 heteroatoms. The van der Waals surface area contributed by atoms with Gasteiger partial charge < -0.3 is 9.45 Å². The molecule has 6 nitrogen and oxygen atoms in total. The third kappa shape index (κ3) is 3.76. The molecule has 1 atom stereocenters. The largest absolute Gasteiger partial charge is 0.588 e. The van der Waals surface area contributed by atoms with E-state index in [2.05, 4.69) is 53.8 Å². The molecule has 0 saturated carbocycles. The molecular weight excluding hydrogens is 438 g/mol. The van der Waals surface area contributed by atoms with Crippen molar-refractivity contribution >= 4 is 38.8 Å². The third-order valence-corrected chi connectivity index (χ3v) is 6.70. The number of benzene rings is 1. The molecular formula is C20H22BrN5OS. The van der Waals surface area contributed by atoms with Crippen LogP contribution >= 0.6 is 15.9 Å². The normalized spacial score (nSPS) is 14.7. The predicted molar refractivity (Wildman–Crippen MR) is 116 cm³/mol. The van der Waals surface area contributed by atoms with Gasteiger partial charge in [-0.25, -0.2) is 4.98 Å². The summed E-state index contributed by atoms with van der Waals surface area (Å²) >= 11 is 2.17. The van der Waals surface area contributed by atoms with Gasteiger partial charge in [0, 0.05) is 30.7 Å². The first kappa shape index (κ1) is 19.3. The molecule has 3 aromatic rings. The Bertz CT molecular complexity index is 1000. The lowest BCUT2D eigenvalue weighted by Gasteiger charge is -2.30. The number of fused-ring (bicyclic) bond motifs is 1. The molecule has 1 unspecified atom stereocenters. The van der Waals surface area contributed by atoms with E-state index in [-0.39, 0.29) is 0 Å². The quantitative estimate of drug-likeness (QED) is 0.599. The molecule has 0 fully saturated rings. The number of hydrogen-bond donors (Lipinski definition) is 1. The van der Waals surface area contributed by atoms with Crippen LogP contribution in [0.2, 0.25) is 0 Å². The van der Waals surface area contributed by atoms with Crippen LogP contribution in [0.15, 0.2) is 45.9 Å². The number of nitrogens with one attached hydrogen (secondary N) is 1. The highest BCUT2D eigenvalue weighted by Crippen LogP contribution is 2.27. The van der Waals surface area contributed by atoms with Gasteiger partial charge in [-0.1, -0.05) is 22.0 Å². The summed E-state index contributed by atoms with van der Waals surface area (Å²) in [5.41, 5.74) is 5.30. The van der Waals surface area contributed by atoms with Gasteiger partial charge in [0.1, 0.15) is 22.9 Å². The van der Waals surface area contributed by atoms with Crippen LogP contribution in [-0.2, 0) is 31.4 Å². The van der Waals surface area contributed by atoms with E-state index in [4.69, 9.17) is 0 Å². The second kappa shape index (κ2) is 7.77. The Morgan fingerprint density at radius 3 is 2.68 bits per heavy atom.